The molecule has 0 nitrogen and oxygen atoms in total. The third kappa shape index (κ3) is 10.0. The van der Waals surface area contributed by atoms with Crippen LogP contribution in [0.4, 0.5) is 0 Å². The molecule has 0 spiro atoms. The van der Waals surface area contributed by atoms with Crippen molar-refractivity contribution in [2.75, 3.05) is 0 Å². The Morgan fingerprint density at radius 2 is 1.53 bits per heavy atom. The van der Waals surface area contributed by atoms with Gasteiger partial charge in [-0.2, -0.15) is 36.9 Å². The molecular weight excluding hydrogens is 263 g/mol. The zero-order chi connectivity index (χ0) is 11.4. The van der Waals surface area contributed by atoms with Gasteiger partial charge >= 0.3 is 35.6 Å². The van der Waals surface area contributed by atoms with Gasteiger partial charge < -0.3 is 0 Å². The Hall–Kier alpha value is -0.266. The van der Waals surface area contributed by atoms with Crippen molar-refractivity contribution in [3.8, 4) is 0 Å². The first-order chi connectivity index (χ1) is 7.35. The minimum absolute atomic E-state index is 0.556. The standard InChI is InChI=1S/C7H7.C5H5.2ClH.Ti/c1-2-7-5-3-4-6-7;1-2-4-5-3-1;;;/h2-6H,1H2;1-5H;2*1H;/q2*-1;;;+2/p-2. The molecule has 0 amide bonds. The number of rotatable bonds is 1. The van der Waals surface area contributed by atoms with E-state index in [1.165, 1.54) is 5.56 Å². The Labute approximate surface area is 108 Å². The molecule has 0 N–H and O–H groups in total. The monoisotopic (exact) mass is 274 g/mol. The molecule has 2 aromatic carbocycles. The molecular formula is C12H12Cl2Ti-2. The van der Waals surface area contributed by atoms with Crippen molar-refractivity contribution in [1.82, 2.24) is 0 Å². The summed E-state index contributed by atoms with van der Waals surface area (Å²) >= 11 is -0.556. The molecule has 3 heteroatoms. The van der Waals surface area contributed by atoms with Gasteiger partial charge in [0.2, 0.25) is 0 Å². The van der Waals surface area contributed by atoms with Crippen molar-refractivity contribution in [3.05, 3.63) is 66.7 Å². The minimum atomic E-state index is -0.556. The Morgan fingerprint density at radius 1 is 1.07 bits per heavy atom. The molecule has 0 fully saturated rings. The van der Waals surface area contributed by atoms with E-state index in [-0.39, 0.29) is 0 Å². The molecule has 0 aliphatic heterocycles. The normalized spacial score (nSPS) is 7.60. The summed E-state index contributed by atoms with van der Waals surface area (Å²) < 4.78 is 0. The van der Waals surface area contributed by atoms with Crippen molar-refractivity contribution < 1.29 is 17.0 Å². The SMILES string of the molecule is C=C[c-]1cccc1.[Cl][Ti][Cl].c1cc[cH-]c1. The minimum Gasteiger partial charge on any atom is -0.214 e. The second-order valence-electron chi connectivity index (χ2n) is 2.46. The van der Waals surface area contributed by atoms with Crippen LogP contribution >= 0.6 is 18.6 Å². The van der Waals surface area contributed by atoms with Crippen LogP contribution in [-0.2, 0) is 17.0 Å². The van der Waals surface area contributed by atoms with Crippen LogP contribution in [0.1, 0.15) is 5.56 Å². The molecule has 0 heterocycles. The molecule has 80 valence electrons. The third-order valence-electron chi connectivity index (χ3n) is 1.48. The fourth-order valence-electron chi connectivity index (χ4n) is 0.846. The summed E-state index contributed by atoms with van der Waals surface area (Å²) in [5.41, 5.74) is 1.19. The van der Waals surface area contributed by atoms with Crippen LogP contribution < -0.4 is 0 Å². The van der Waals surface area contributed by atoms with Crippen molar-refractivity contribution in [3.63, 3.8) is 0 Å². The van der Waals surface area contributed by atoms with Crippen LogP contribution in [-0.4, -0.2) is 0 Å². The van der Waals surface area contributed by atoms with Gasteiger partial charge in [0.1, 0.15) is 0 Å². The molecule has 0 unspecified atom stereocenters. The zero-order valence-electron chi connectivity index (χ0n) is 8.24. The van der Waals surface area contributed by atoms with E-state index in [9.17, 15) is 0 Å². The molecule has 0 radical (unpaired) electrons. The van der Waals surface area contributed by atoms with Crippen molar-refractivity contribution >= 4 is 24.7 Å². The van der Waals surface area contributed by atoms with Gasteiger partial charge in [0.25, 0.3) is 0 Å². The van der Waals surface area contributed by atoms with E-state index in [0.29, 0.717) is 0 Å². The molecule has 0 atom stereocenters. The number of hydrogen-bond acceptors (Lipinski definition) is 0. The number of hydrogen-bond donors (Lipinski definition) is 0. The van der Waals surface area contributed by atoms with Gasteiger partial charge in [-0.1, -0.05) is 0 Å². The Bertz CT molecular complexity index is 281. The Kier molecular flexibility index (Phi) is 11.6. The van der Waals surface area contributed by atoms with Gasteiger partial charge in [0.05, 0.1) is 0 Å². The molecule has 0 aliphatic carbocycles. The van der Waals surface area contributed by atoms with Crippen LogP contribution in [0, 0.1) is 0 Å². The summed E-state index contributed by atoms with van der Waals surface area (Å²) in [4.78, 5) is 0. The average Bonchev–Trinajstić information content (AvgIpc) is 2.96. The smallest absolute Gasteiger partial charge is 0.172 e. The summed E-state index contributed by atoms with van der Waals surface area (Å²) in [7, 11) is 9.78. The first kappa shape index (κ1) is 14.7. The van der Waals surface area contributed by atoms with Crippen molar-refractivity contribution in [2.24, 2.45) is 0 Å². The molecule has 0 aromatic heterocycles. The maximum atomic E-state index is 4.89. The second kappa shape index (κ2) is 11.8. The Morgan fingerprint density at radius 3 is 1.73 bits per heavy atom. The maximum absolute atomic E-state index is 4.89. The summed E-state index contributed by atoms with van der Waals surface area (Å²) in [5, 5.41) is 0. The molecule has 0 aliphatic rings. The first-order valence-electron chi connectivity index (χ1n) is 4.32. The third-order valence-corrected chi connectivity index (χ3v) is 1.48. The number of halogens is 2. The van der Waals surface area contributed by atoms with E-state index >= 15 is 0 Å². The second-order valence-corrected chi connectivity index (χ2v) is 5.04. The Balaban J connectivity index is 0.000000216. The fourth-order valence-corrected chi connectivity index (χ4v) is 0.846. The zero-order valence-corrected chi connectivity index (χ0v) is 11.3. The maximum Gasteiger partial charge on any atom is -0.172 e. The average molecular weight is 275 g/mol. The molecule has 15 heavy (non-hydrogen) atoms. The largest absolute Gasteiger partial charge is 0.214 e. The molecule has 2 rings (SSSR count). The predicted molar refractivity (Wildman–Crippen MR) is 65.9 cm³/mol. The van der Waals surface area contributed by atoms with E-state index in [2.05, 4.69) is 6.58 Å². The summed E-state index contributed by atoms with van der Waals surface area (Å²) in [6.07, 6.45) is 1.83. The van der Waals surface area contributed by atoms with E-state index in [0.717, 1.165) is 0 Å². The van der Waals surface area contributed by atoms with Gasteiger partial charge in [-0.05, 0) is 0 Å². The molecule has 0 saturated carbocycles. The molecule has 0 saturated heterocycles. The van der Waals surface area contributed by atoms with Crippen LogP contribution in [0.3, 0.4) is 0 Å². The van der Waals surface area contributed by atoms with Crippen LogP contribution in [0.25, 0.3) is 6.08 Å². The van der Waals surface area contributed by atoms with Crippen molar-refractivity contribution in [1.29, 1.82) is 0 Å². The van der Waals surface area contributed by atoms with Gasteiger partial charge in [-0.3, -0.25) is 0 Å². The van der Waals surface area contributed by atoms with Crippen molar-refractivity contribution in [2.45, 2.75) is 0 Å². The first-order valence-corrected chi connectivity index (χ1v) is 8.62. The summed E-state index contributed by atoms with van der Waals surface area (Å²) in [6.45, 7) is 3.60. The molecule has 2 aromatic rings. The van der Waals surface area contributed by atoms with Gasteiger partial charge in [-0.25, -0.2) is 12.1 Å². The predicted octanol–water partition coefficient (Wildman–Crippen LogP) is 4.83. The van der Waals surface area contributed by atoms with Gasteiger partial charge in [0.15, 0.2) is 0 Å². The topological polar surface area (TPSA) is 0 Å². The summed E-state index contributed by atoms with van der Waals surface area (Å²) in [6, 6.07) is 18.0. The van der Waals surface area contributed by atoms with E-state index in [1.807, 2.05) is 60.7 Å². The summed E-state index contributed by atoms with van der Waals surface area (Å²) in [5.74, 6) is 0. The van der Waals surface area contributed by atoms with Crippen LogP contribution in [0.2, 0.25) is 0 Å². The quantitative estimate of drug-likeness (QED) is 0.516. The van der Waals surface area contributed by atoms with Gasteiger partial charge in [-0.15, -0.1) is 23.8 Å². The van der Waals surface area contributed by atoms with E-state index in [4.69, 9.17) is 18.6 Å². The van der Waals surface area contributed by atoms with Crippen LogP contribution in [0.15, 0.2) is 61.2 Å². The van der Waals surface area contributed by atoms with E-state index in [1.54, 1.807) is 0 Å². The van der Waals surface area contributed by atoms with Gasteiger partial charge in [0, 0.05) is 0 Å². The molecule has 0 bridgehead atoms. The fraction of sp³-hybridized carbons (Fsp3) is 0. The van der Waals surface area contributed by atoms with Crippen LogP contribution in [0.5, 0.6) is 0 Å². The van der Waals surface area contributed by atoms with E-state index < -0.39 is 17.0 Å².